The predicted octanol–water partition coefficient (Wildman–Crippen LogP) is 1.95. The van der Waals surface area contributed by atoms with Crippen molar-refractivity contribution in [3.63, 3.8) is 0 Å². The Labute approximate surface area is 134 Å². The molecule has 0 saturated heterocycles. The third-order valence-electron chi connectivity index (χ3n) is 4.16. The summed E-state index contributed by atoms with van der Waals surface area (Å²) in [5, 5.41) is 13.0. The van der Waals surface area contributed by atoms with Crippen LogP contribution in [0.15, 0.2) is 42.7 Å². The number of hydrogen-bond donors (Lipinski definition) is 1. The van der Waals surface area contributed by atoms with Crippen LogP contribution < -0.4 is 4.90 Å². The molecule has 1 aromatic heterocycles. The van der Waals surface area contributed by atoms with Gasteiger partial charge in [-0.15, -0.1) is 0 Å². The molecule has 1 aliphatic heterocycles. The normalized spacial score (nSPS) is 16.9. The second-order valence-corrected chi connectivity index (χ2v) is 5.84. The van der Waals surface area contributed by atoms with Gasteiger partial charge in [0.25, 0.3) is 0 Å². The molecule has 2 aromatic rings. The van der Waals surface area contributed by atoms with Crippen LogP contribution in [0, 0.1) is 5.92 Å². The van der Waals surface area contributed by atoms with Gasteiger partial charge in [0.15, 0.2) is 0 Å². The quantitative estimate of drug-likeness (QED) is 0.915. The average Bonchev–Trinajstić information content (AvgIpc) is 3.05. The first-order valence-corrected chi connectivity index (χ1v) is 7.71. The first kappa shape index (κ1) is 15.3. The number of carbonyl (C=O) groups is 2. The number of aliphatic carboxylic acids is 1. The zero-order valence-electron chi connectivity index (χ0n) is 12.8. The van der Waals surface area contributed by atoms with Crippen LogP contribution in [0.2, 0.25) is 0 Å². The second kappa shape index (κ2) is 6.64. The number of nitrogens with zero attached hydrogens (tertiary/aromatic N) is 3. The van der Waals surface area contributed by atoms with Gasteiger partial charge in [0.1, 0.15) is 6.54 Å². The molecule has 0 fully saturated rings. The van der Waals surface area contributed by atoms with Crippen molar-refractivity contribution in [3.05, 3.63) is 48.3 Å². The fourth-order valence-corrected chi connectivity index (χ4v) is 3.05. The number of carbonyl (C=O) groups excluding carboxylic acids is 1. The molecule has 1 unspecified atom stereocenters. The van der Waals surface area contributed by atoms with Crippen molar-refractivity contribution in [2.24, 2.45) is 5.92 Å². The van der Waals surface area contributed by atoms with Crippen LogP contribution in [0.1, 0.15) is 18.4 Å². The third kappa shape index (κ3) is 3.59. The van der Waals surface area contributed by atoms with E-state index < -0.39 is 5.97 Å². The topological polar surface area (TPSA) is 75.4 Å². The zero-order chi connectivity index (χ0) is 16.2. The summed E-state index contributed by atoms with van der Waals surface area (Å²) in [6.07, 6.45) is 4.93. The molecule has 0 bridgehead atoms. The number of amides is 1. The third-order valence-corrected chi connectivity index (χ3v) is 4.16. The summed E-state index contributed by atoms with van der Waals surface area (Å²) >= 11 is 0. The molecule has 1 aromatic carbocycles. The van der Waals surface area contributed by atoms with Crippen molar-refractivity contribution in [1.82, 2.24) is 9.78 Å². The van der Waals surface area contributed by atoms with E-state index in [2.05, 4.69) is 5.10 Å². The standard InChI is InChI=1S/C17H19N3O3/c21-16(12-19-9-3-8-18-19)20-11-13(6-7-17(22)23)10-14-4-1-2-5-15(14)20/h1-5,8-9,13H,6-7,10-12H2,(H,22,23). The highest BCUT2D eigenvalue weighted by Crippen LogP contribution is 2.31. The summed E-state index contributed by atoms with van der Waals surface area (Å²) in [7, 11) is 0. The van der Waals surface area contributed by atoms with E-state index in [9.17, 15) is 9.59 Å². The van der Waals surface area contributed by atoms with Crippen LogP contribution in [0.5, 0.6) is 0 Å². The molecule has 1 aliphatic rings. The average molecular weight is 313 g/mol. The molecular weight excluding hydrogens is 294 g/mol. The molecule has 6 nitrogen and oxygen atoms in total. The molecule has 0 aliphatic carbocycles. The number of rotatable bonds is 5. The number of carboxylic acids is 1. The largest absolute Gasteiger partial charge is 0.481 e. The van der Waals surface area contributed by atoms with Gasteiger partial charge in [-0.3, -0.25) is 14.3 Å². The minimum atomic E-state index is -0.793. The highest BCUT2D eigenvalue weighted by atomic mass is 16.4. The summed E-state index contributed by atoms with van der Waals surface area (Å²) < 4.78 is 1.60. The summed E-state index contributed by atoms with van der Waals surface area (Å²) in [6.45, 7) is 0.747. The van der Waals surface area contributed by atoms with Crippen LogP contribution in [-0.4, -0.2) is 33.3 Å². The van der Waals surface area contributed by atoms with Crippen molar-refractivity contribution < 1.29 is 14.7 Å². The smallest absolute Gasteiger partial charge is 0.303 e. The summed E-state index contributed by atoms with van der Waals surface area (Å²) in [4.78, 5) is 25.3. The van der Waals surface area contributed by atoms with Crippen molar-refractivity contribution in [2.75, 3.05) is 11.4 Å². The molecule has 0 radical (unpaired) electrons. The highest BCUT2D eigenvalue weighted by Gasteiger charge is 2.28. The van der Waals surface area contributed by atoms with Crippen molar-refractivity contribution >= 4 is 17.6 Å². The Morgan fingerprint density at radius 1 is 1.26 bits per heavy atom. The van der Waals surface area contributed by atoms with Crippen molar-refractivity contribution in [3.8, 4) is 0 Å². The van der Waals surface area contributed by atoms with Crippen LogP contribution in [0.4, 0.5) is 5.69 Å². The highest BCUT2D eigenvalue weighted by molar-refractivity contribution is 5.94. The number of carboxylic acid groups (broad SMARTS) is 1. The Kier molecular flexibility index (Phi) is 4.41. The van der Waals surface area contributed by atoms with E-state index in [1.807, 2.05) is 24.3 Å². The fraction of sp³-hybridized carbons (Fsp3) is 0.353. The fourth-order valence-electron chi connectivity index (χ4n) is 3.05. The van der Waals surface area contributed by atoms with Crippen molar-refractivity contribution in [1.29, 1.82) is 0 Å². The Balaban J connectivity index is 1.79. The predicted molar refractivity (Wildman–Crippen MR) is 85.1 cm³/mol. The van der Waals surface area contributed by atoms with E-state index in [0.717, 1.165) is 17.7 Å². The lowest BCUT2D eigenvalue weighted by Gasteiger charge is -2.34. The number of para-hydroxylation sites is 1. The first-order chi connectivity index (χ1) is 11.1. The van der Waals surface area contributed by atoms with Gasteiger partial charge in [-0.2, -0.15) is 5.10 Å². The number of benzene rings is 1. The van der Waals surface area contributed by atoms with Gasteiger partial charge in [-0.1, -0.05) is 18.2 Å². The summed E-state index contributed by atoms with van der Waals surface area (Å²) in [5.41, 5.74) is 2.03. The number of aromatic nitrogens is 2. The van der Waals surface area contributed by atoms with E-state index in [0.29, 0.717) is 13.0 Å². The number of fused-ring (bicyclic) bond motifs is 1. The molecule has 23 heavy (non-hydrogen) atoms. The van der Waals surface area contributed by atoms with Crippen LogP contribution in [0.25, 0.3) is 0 Å². The summed E-state index contributed by atoms with van der Waals surface area (Å²) in [6, 6.07) is 9.62. The van der Waals surface area contributed by atoms with Gasteiger partial charge < -0.3 is 10.0 Å². The maximum absolute atomic E-state index is 12.7. The van der Waals surface area contributed by atoms with Crippen LogP contribution in [0.3, 0.4) is 0 Å². The van der Waals surface area contributed by atoms with Crippen LogP contribution in [-0.2, 0) is 22.6 Å². The number of anilines is 1. The lowest BCUT2D eigenvalue weighted by atomic mass is 9.89. The van der Waals surface area contributed by atoms with Crippen molar-refractivity contribution in [2.45, 2.75) is 25.8 Å². The van der Waals surface area contributed by atoms with E-state index in [1.54, 1.807) is 28.0 Å². The Morgan fingerprint density at radius 2 is 2.09 bits per heavy atom. The van der Waals surface area contributed by atoms with Gasteiger partial charge in [-0.25, -0.2) is 0 Å². The molecule has 3 rings (SSSR count). The Morgan fingerprint density at radius 3 is 2.83 bits per heavy atom. The SMILES string of the molecule is O=C(O)CCC1Cc2ccccc2N(C(=O)Cn2cccn2)C1. The van der Waals surface area contributed by atoms with E-state index in [4.69, 9.17) is 5.11 Å². The molecule has 6 heteroatoms. The van der Waals surface area contributed by atoms with Gasteiger partial charge in [0.05, 0.1) is 0 Å². The summed E-state index contributed by atoms with van der Waals surface area (Å²) in [5.74, 6) is -0.651. The molecule has 0 spiro atoms. The first-order valence-electron chi connectivity index (χ1n) is 7.71. The Bertz CT molecular complexity index is 697. The van der Waals surface area contributed by atoms with E-state index in [1.165, 1.54) is 0 Å². The maximum atomic E-state index is 12.7. The van der Waals surface area contributed by atoms with Gasteiger partial charge in [0.2, 0.25) is 5.91 Å². The number of hydrogen-bond acceptors (Lipinski definition) is 3. The lowest BCUT2D eigenvalue weighted by molar-refractivity contribution is -0.137. The van der Waals surface area contributed by atoms with Gasteiger partial charge in [-0.05, 0) is 36.5 Å². The molecule has 1 atom stereocenters. The molecular formula is C17H19N3O3. The second-order valence-electron chi connectivity index (χ2n) is 5.84. The zero-order valence-corrected chi connectivity index (χ0v) is 12.8. The van der Waals surface area contributed by atoms with E-state index >= 15 is 0 Å². The monoisotopic (exact) mass is 313 g/mol. The van der Waals surface area contributed by atoms with Gasteiger partial charge in [0, 0.05) is 31.0 Å². The maximum Gasteiger partial charge on any atom is 0.303 e. The molecule has 120 valence electrons. The molecule has 2 heterocycles. The van der Waals surface area contributed by atoms with Gasteiger partial charge >= 0.3 is 5.97 Å². The molecule has 1 amide bonds. The molecule has 0 saturated carbocycles. The van der Waals surface area contributed by atoms with E-state index in [-0.39, 0.29) is 24.8 Å². The minimum Gasteiger partial charge on any atom is -0.481 e. The molecule has 1 N–H and O–H groups in total. The van der Waals surface area contributed by atoms with Crippen LogP contribution >= 0.6 is 0 Å². The Hall–Kier alpha value is -2.63. The lowest BCUT2D eigenvalue weighted by Crippen LogP contribution is -2.41. The minimum absolute atomic E-state index is 0.0267.